The number of nitrogens with one attached hydrogen (secondary N) is 2. The Balaban J connectivity index is 1.82. The summed E-state index contributed by atoms with van der Waals surface area (Å²) in [5, 5.41) is 5.93. The molecule has 2 aromatic carbocycles. The molecule has 0 saturated carbocycles. The van der Waals surface area contributed by atoms with E-state index >= 15 is 0 Å². The monoisotopic (exact) mass is 350 g/mol. The van der Waals surface area contributed by atoms with Crippen molar-refractivity contribution in [3.63, 3.8) is 0 Å². The molecule has 0 radical (unpaired) electrons. The summed E-state index contributed by atoms with van der Waals surface area (Å²) in [4.78, 5) is 21.0. The minimum atomic E-state index is -0.384. The SMILES string of the molecule is Cc1ccc(Nc2cc(C(=O)Nc3ccc(F)cc3)nc(C)n2)c(C)c1. The molecule has 0 aliphatic heterocycles. The minimum Gasteiger partial charge on any atom is -0.340 e. The number of nitrogens with zero attached hydrogens (tertiary/aromatic N) is 2. The van der Waals surface area contributed by atoms with Crippen LogP contribution >= 0.6 is 0 Å². The molecule has 2 N–H and O–H groups in total. The van der Waals surface area contributed by atoms with Crippen LogP contribution in [0.4, 0.5) is 21.6 Å². The molecule has 26 heavy (non-hydrogen) atoms. The first-order chi connectivity index (χ1) is 12.4. The summed E-state index contributed by atoms with van der Waals surface area (Å²) in [6.07, 6.45) is 0. The van der Waals surface area contributed by atoms with Gasteiger partial charge in [0.15, 0.2) is 0 Å². The smallest absolute Gasteiger partial charge is 0.274 e. The molecule has 0 aliphatic carbocycles. The Kier molecular flexibility index (Phi) is 4.93. The van der Waals surface area contributed by atoms with Gasteiger partial charge in [0.25, 0.3) is 5.91 Å². The van der Waals surface area contributed by atoms with Crippen molar-refractivity contribution in [3.8, 4) is 0 Å². The van der Waals surface area contributed by atoms with Gasteiger partial charge in [-0.2, -0.15) is 0 Å². The highest BCUT2D eigenvalue weighted by atomic mass is 19.1. The summed E-state index contributed by atoms with van der Waals surface area (Å²) in [5.41, 5.74) is 3.90. The van der Waals surface area contributed by atoms with Gasteiger partial charge in [0.05, 0.1) is 0 Å². The van der Waals surface area contributed by atoms with Crippen LogP contribution in [-0.4, -0.2) is 15.9 Å². The lowest BCUT2D eigenvalue weighted by Crippen LogP contribution is -2.15. The van der Waals surface area contributed by atoms with Crippen molar-refractivity contribution < 1.29 is 9.18 Å². The summed E-state index contributed by atoms with van der Waals surface area (Å²) in [6.45, 7) is 5.76. The fourth-order valence-corrected chi connectivity index (χ4v) is 2.57. The number of anilines is 3. The number of carbonyl (C=O) groups is 1. The Labute approximate surface area is 151 Å². The zero-order valence-electron chi connectivity index (χ0n) is 14.8. The van der Waals surface area contributed by atoms with E-state index in [2.05, 4.69) is 26.7 Å². The van der Waals surface area contributed by atoms with E-state index in [0.29, 0.717) is 17.3 Å². The van der Waals surface area contributed by atoms with Crippen molar-refractivity contribution >= 4 is 23.1 Å². The fraction of sp³-hybridized carbons (Fsp3) is 0.150. The maximum Gasteiger partial charge on any atom is 0.274 e. The number of benzene rings is 2. The molecule has 0 spiro atoms. The Morgan fingerprint density at radius 2 is 1.69 bits per heavy atom. The first-order valence-electron chi connectivity index (χ1n) is 8.17. The molecule has 5 nitrogen and oxygen atoms in total. The van der Waals surface area contributed by atoms with Crippen molar-refractivity contribution in [2.75, 3.05) is 10.6 Å². The molecule has 0 saturated heterocycles. The van der Waals surface area contributed by atoms with Crippen molar-refractivity contribution in [1.29, 1.82) is 0 Å². The second-order valence-electron chi connectivity index (χ2n) is 6.09. The number of hydrogen-bond donors (Lipinski definition) is 2. The lowest BCUT2D eigenvalue weighted by atomic mass is 10.1. The van der Waals surface area contributed by atoms with Crippen LogP contribution in [-0.2, 0) is 0 Å². The Morgan fingerprint density at radius 3 is 2.38 bits per heavy atom. The average Bonchev–Trinajstić information content (AvgIpc) is 2.59. The molecule has 1 amide bonds. The van der Waals surface area contributed by atoms with Crippen molar-refractivity contribution in [3.05, 3.63) is 77.0 Å². The van der Waals surface area contributed by atoms with Gasteiger partial charge in [0.1, 0.15) is 23.2 Å². The Bertz CT molecular complexity index is 955. The number of carbonyl (C=O) groups excluding carboxylic acids is 1. The Morgan fingerprint density at radius 1 is 0.962 bits per heavy atom. The summed E-state index contributed by atoms with van der Waals surface area (Å²) in [5.74, 6) is 0.268. The summed E-state index contributed by atoms with van der Waals surface area (Å²) >= 11 is 0. The number of hydrogen-bond acceptors (Lipinski definition) is 4. The predicted molar refractivity (Wildman–Crippen MR) is 100 cm³/mol. The third-order valence-electron chi connectivity index (χ3n) is 3.82. The molecule has 0 atom stereocenters. The number of aromatic nitrogens is 2. The second kappa shape index (κ2) is 7.31. The minimum absolute atomic E-state index is 0.231. The topological polar surface area (TPSA) is 66.9 Å². The van der Waals surface area contributed by atoms with Gasteiger partial charge in [-0.3, -0.25) is 4.79 Å². The van der Waals surface area contributed by atoms with Crippen molar-refractivity contribution in [2.24, 2.45) is 0 Å². The van der Waals surface area contributed by atoms with E-state index in [4.69, 9.17) is 0 Å². The van der Waals surface area contributed by atoms with E-state index in [1.165, 1.54) is 29.8 Å². The van der Waals surface area contributed by atoms with E-state index in [-0.39, 0.29) is 17.4 Å². The molecule has 0 unspecified atom stereocenters. The third-order valence-corrected chi connectivity index (χ3v) is 3.82. The van der Waals surface area contributed by atoms with E-state index < -0.39 is 0 Å². The van der Waals surface area contributed by atoms with Gasteiger partial charge >= 0.3 is 0 Å². The predicted octanol–water partition coefficient (Wildman–Crippen LogP) is 4.54. The van der Waals surface area contributed by atoms with E-state index in [0.717, 1.165) is 11.3 Å². The lowest BCUT2D eigenvalue weighted by Gasteiger charge is -2.11. The van der Waals surface area contributed by atoms with Crippen molar-refractivity contribution in [1.82, 2.24) is 9.97 Å². The average molecular weight is 350 g/mol. The third kappa shape index (κ3) is 4.22. The van der Waals surface area contributed by atoms with Gasteiger partial charge in [-0.15, -0.1) is 0 Å². The van der Waals surface area contributed by atoms with Crippen LogP contribution in [0, 0.1) is 26.6 Å². The van der Waals surface area contributed by atoms with Crippen LogP contribution in [0.1, 0.15) is 27.4 Å². The molecule has 3 aromatic rings. The summed E-state index contributed by atoms with van der Waals surface area (Å²) in [6, 6.07) is 13.2. The molecule has 6 heteroatoms. The molecule has 0 bridgehead atoms. The zero-order chi connectivity index (χ0) is 18.7. The van der Waals surface area contributed by atoms with Gasteiger partial charge < -0.3 is 10.6 Å². The second-order valence-corrected chi connectivity index (χ2v) is 6.09. The molecular formula is C20H19FN4O. The molecule has 1 heterocycles. The van der Waals surface area contributed by atoms with Gasteiger partial charge in [-0.05, 0) is 56.7 Å². The molecule has 3 rings (SSSR count). The first-order valence-corrected chi connectivity index (χ1v) is 8.17. The summed E-state index contributed by atoms with van der Waals surface area (Å²) in [7, 11) is 0. The molecule has 132 valence electrons. The van der Waals surface area contributed by atoms with Gasteiger partial charge in [-0.1, -0.05) is 17.7 Å². The molecule has 0 aliphatic rings. The van der Waals surface area contributed by atoms with E-state index in [9.17, 15) is 9.18 Å². The van der Waals surface area contributed by atoms with E-state index in [1.807, 2.05) is 26.0 Å². The highest BCUT2D eigenvalue weighted by Crippen LogP contribution is 2.21. The number of halogens is 1. The van der Waals surface area contributed by atoms with Gasteiger partial charge in [0, 0.05) is 17.4 Å². The van der Waals surface area contributed by atoms with Crippen LogP contribution < -0.4 is 10.6 Å². The molecular weight excluding hydrogens is 331 g/mol. The lowest BCUT2D eigenvalue weighted by molar-refractivity contribution is 0.102. The van der Waals surface area contributed by atoms with Crippen LogP contribution in [0.2, 0.25) is 0 Å². The van der Waals surface area contributed by atoms with Crippen LogP contribution in [0.5, 0.6) is 0 Å². The highest BCUT2D eigenvalue weighted by Gasteiger charge is 2.12. The fourth-order valence-electron chi connectivity index (χ4n) is 2.57. The normalized spacial score (nSPS) is 10.5. The summed E-state index contributed by atoms with van der Waals surface area (Å²) < 4.78 is 13.0. The van der Waals surface area contributed by atoms with E-state index in [1.54, 1.807) is 13.0 Å². The highest BCUT2D eigenvalue weighted by molar-refractivity contribution is 6.03. The van der Waals surface area contributed by atoms with Crippen LogP contribution in [0.15, 0.2) is 48.5 Å². The van der Waals surface area contributed by atoms with Gasteiger partial charge in [-0.25, -0.2) is 14.4 Å². The zero-order valence-corrected chi connectivity index (χ0v) is 14.8. The maximum absolute atomic E-state index is 13.0. The Hall–Kier alpha value is -3.28. The number of amides is 1. The maximum atomic E-state index is 13.0. The largest absolute Gasteiger partial charge is 0.340 e. The van der Waals surface area contributed by atoms with Crippen LogP contribution in [0.25, 0.3) is 0 Å². The molecule has 0 fully saturated rings. The standard InChI is InChI=1S/C20H19FN4O/c1-12-4-9-17(13(2)10-12)25-19-11-18(22-14(3)23-19)20(26)24-16-7-5-15(21)6-8-16/h4-11H,1-3H3,(H,24,26)(H,22,23,25). The number of rotatable bonds is 4. The first kappa shape index (κ1) is 17.5. The number of aryl methyl sites for hydroxylation is 3. The van der Waals surface area contributed by atoms with Crippen molar-refractivity contribution in [2.45, 2.75) is 20.8 Å². The van der Waals surface area contributed by atoms with Gasteiger partial charge in [0.2, 0.25) is 0 Å². The van der Waals surface area contributed by atoms with Crippen LogP contribution in [0.3, 0.4) is 0 Å². The quantitative estimate of drug-likeness (QED) is 0.725. The molecule has 1 aromatic heterocycles.